The number of β-amino-alcohol motifs (C(OH)–C–C–N with tert-alkyl or cyclic N) is 1. The fourth-order valence-electron chi connectivity index (χ4n) is 4.46. The molecule has 4 rings (SSSR count). The number of rotatable bonds is 6. The van der Waals surface area contributed by atoms with Crippen LogP contribution in [0.5, 0.6) is 0 Å². The van der Waals surface area contributed by atoms with Gasteiger partial charge in [-0.15, -0.1) is 0 Å². The van der Waals surface area contributed by atoms with Gasteiger partial charge in [0.1, 0.15) is 27.6 Å². The molecule has 1 N–H and O–H groups in total. The van der Waals surface area contributed by atoms with Gasteiger partial charge < -0.3 is 10.0 Å². The molecule has 0 atom stereocenters. The van der Waals surface area contributed by atoms with E-state index in [-0.39, 0.29) is 36.0 Å². The van der Waals surface area contributed by atoms with E-state index in [1.165, 1.54) is 21.6 Å². The zero-order valence-corrected chi connectivity index (χ0v) is 21.7. The average molecular weight is 528 g/mol. The number of halogens is 1. The lowest BCUT2D eigenvalue weighted by atomic mass is 10.0. The van der Waals surface area contributed by atoms with Gasteiger partial charge in [0, 0.05) is 45.3 Å². The second-order valence-corrected chi connectivity index (χ2v) is 10.3. The quantitative estimate of drug-likeness (QED) is 0.452. The third-order valence-corrected chi connectivity index (χ3v) is 7.84. The molecule has 2 aliphatic rings. The molecule has 0 aliphatic carbocycles. The number of nitriles is 1. The van der Waals surface area contributed by atoms with Crippen LogP contribution in [0.1, 0.15) is 22.3 Å². The Kier molecular flexibility index (Phi) is 7.90. The van der Waals surface area contributed by atoms with Crippen LogP contribution in [0.3, 0.4) is 0 Å². The number of hydrogen-bond acceptors (Lipinski definition) is 8. The number of aromatic nitrogens is 1. The molecule has 11 heteroatoms. The fraction of sp³-hybridized carbons (Fsp3) is 0.360. The minimum absolute atomic E-state index is 0.0354. The average Bonchev–Trinajstić information content (AvgIpc) is 3.12. The van der Waals surface area contributed by atoms with E-state index in [1.807, 2.05) is 6.07 Å². The van der Waals surface area contributed by atoms with Crippen LogP contribution in [-0.2, 0) is 18.4 Å². The van der Waals surface area contributed by atoms with E-state index < -0.39 is 0 Å². The van der Waals surface area contributed by atoms with E-state index in [0.717, 1.165) is 17.3 Å². The van der Waals surface area contributed by atoms with Crippen LogP contribution in [0, 0.1) is 24.1 Å². The van der Waals surface area contributed by atoms with Crippen molar-refractivity contribution < 1.29 is 14.3 Å². The Morgan fingerprint density at radius 3 is 2.47 bits per heavy atom. The first-order chi connectivity index (χ1) is 17.2. The van der Waals surface area contributed by atoms with E-state index in [1.54, 1.807) is 32.2 Å². The normalized spacial score (nSPS) is 17.8. The second kappa shape index (κ2) is 10.9. The van der Waals surface area contributed by atoms with Crippen LogP contribution >= 0.6 is 24.0 Å². The van der Waals surface area contributed by atoms with Crippen LogP contribution in [0.25, 0.3) is 6.08 Å². The Morgan fingerprint density at radius 2 is 1.86 bits per heavy atom. The number of amides is 1. The van der Waals surface area contributed by atoms with E-state index >= 15 is 0 Å². The summed E-state index contributed by atoms with van der Waals surface area (Å²) in [6, 6.07) is 7.92. The van der Waals surface area contributed by atoms with E-state index in [2.05, 4.69) is 9.80 Å². The number of anilines is 1. The number of pyridine rings is 1. The minimum Gasteiger partial charge on any atom is -0.395 e. The highest BCUT2D eigenvalue weighted by atomic mass is 32.2. The van der Waals surface area contributed by atoms with Gasteiger partial charge in [0.2, 0.25) is 0 Å². The molecule has 1 aromatic carbocycles. The summed E-state index contributed by atoms with van der Waals surface area (Å²) in [4.78, 5) is 32.4. The monoisotopic (exact) mass is 527 g/mol. The van der Waals surface area contributed by atoms with E-state index in [9.17, 15) is 24.3 Å². The molecule has 3 heterocycles. The summed E-state index contributed by atoms with van der Waals surface area (Å²) in [5.41, 5.74) is 1.54. The molecule has 0 saturated carbocycles. The van der Waals surface area contributed by atoms with Crippen LogP contribution in [-0.4, -0.2) is 69.0 Å². The highest BCUT2D eigenvalue weighted by Crippen LogP contribution is 2.36. The SMILES string of the molecule is Cc1c(/C=C2\SC(=S)N(Cc3ccc(F)cc3)C2=O)c(N2CCN(CCO)CC2)n(C)c(=O)c1C#N. The fourth-order valence-corrected chi connectivity index (χ4v) is 5.70. The number of nitrogens with zero attached hydrogens (tertiary/aromatic N) is 5. The lowest BCUT2D eigenvalue weighted by Crippen LogP contribution is -2.49. The number of benzene rings is 1. The molecule has 0 radical (unpaired) electrons. The lowest BCUT2D eigenvalue weighted by molar-refractivity contribution is -0.122. The maximum atomic E-state index is 13.3. The molecule has 2 saturated heterocycles. The third kappa shape index (κ3) is 5.08. The van der Waals surface area contributed by atoms with Gasteiger partial charge >= 0.3 is 0 Å². The van der Waals surface area contributed by atoms with E-state index in [0.29, 0.717) is 58.9 Å². The van der Waals surface area contributed by atoms with Crippen molar-refractivity contribution in [2.75, 3.05) is 44.2 Å². The lowest BCUT2D eigenvalue weighted by Gasteiger charge is -2.37. The topological polar surface area (TPSA) is 92.8 Å². The van der Waals surface area contributed by atoms with Gasteiger partial charge in [0.25, 0.3) is 11.5 Å². The molecule has 36 heavy (non-hydrogen) atoms. The van der Waals surface area contributed by atoms with Gasteiger partial charge in [-0.2, -0.15) is 5.26 Å². The van der Waals surface area contributed by atoms with Crippen molar-refractivity contribution in [2.24, 2.45) is 7.05 Å². The molecular weight excluding hydrogens is 501 g/mol. The zero-order valence-electron chi connectivity index (χ0n) is 20.0. The molecular formula is C25H26FN5O3S2. The number of thioether (sulfide) groups is 1. The molecule has 8 nitrogen and oxygen atoms in total. The maximum Gasteiger partial charge on any atom is 0.270 e. The molecule has 1 amide bonds. The van der Waals surface area contributed by atoms with Crippen molar-refractivity contribution in [3.05, 3.63) is 67.6 Å². The van der Waals surface area contributed by atoms with Crippen molar-refractivity contribution >= 4 is 46.1 Å². The number of carbonyl (C=O) groups excluding carboxylic acids is 1. The third-order valence-electron chi connectivity index (χ3n) is 6.46. The van der Waals surface area contributed by atoms with Crippen LogP contribution in [0.4, 0.5) is 10.2 Å². The standard InChI is InChI=1S/C25H26FN5O3S2/c1-16-19(13-21-24(34)31(25(35)36-21)15-17-3-5-18(26)6-4-17)22(28(2)23(33)20(16)14-27)30-9-7-29(8-10-30)11-12-32/h3-6,13,32H,7-12,15H2,1-2H3/b21-13-. The van der Waals surface area contributed by atoms with Gasteiger partial charge in [0.15, 0.2) is 0 Å². The summed E-state index contributed by atoms with van der Waals surface area (Å²) in [5.74, 6) is 0.0102. The molecule has 2 aromatic rings. The van der Waals surface area contributed by atoms with Crippen LogP contribution < -0.4 is 10.5 Å². The van der Waals surface area contributed by atoms with Crippen molar-refractivity contribution in [1.82, 2.24) is 14.4 Å². The number of aliphatic hydroxyl groups excluding tert-OH is 1. The molecule has 188 valence electrons. The first-order valence-corrected chi connectivity index (χ1v) is 12.7. The maximum absolute atomic E-state index is 13.3. The Balaban J connectivity index is 1.72. The van der Waals surface area contributed by atoms with Gasteiger partial charge in [-0.1, -0.05) is 36.1 Å². The van der Waals surface area contributed by atoms with Crippen molar-refractivity contribution in [3.63, 3.8) is 0 Å². The Labute approximate surface area is 218 Å². The van der Waals surface area contributed by atoms with Gasteiger partial charge in [0.05, 0.1) is 18.1 Å². The Bertz CT molecular complexity index is 1330. The molecule has 2 fully saturated rings. The molecule has 1 aromatic heterocycles. The summed E-state index contributed by atoms with van der Waals surface area (Å²) < 4.78 is 15.1. The minimum atomic E-state index is -0.385. The highest BCUT2D eigenvalue weighted by Gasteiger charge is 2.33. The molecule has 2 aliphatic heterocycles. The molecule has 0 spiro atoms. The number of aliphatic hydroxyl groups is 1. The molecule has 0 bridgehead atoms. The highest BCUT2D eigenvalue weighted by molar-refractivity contribution is 8.26. The number of hydrogen-bond donors (Lipinski definition) is 1. The number of piperazine rings is 1. The van der Waals surface area contributed by atoms with Crippen molar-refractivity contribution in [3.8, 4) is 6.07 Å². The van der Waals surface area contributed by atoms with Gasteiger partial charge in [-0.05, 0) is 36.3 Å². The zero-order chi connectivity index (χ0) is 26.0. The summed E-state index contributed by atoms with van der Waals surface area (Å²) in [6.45, 7) is 5.30. The van der Waals surface area contributed by atoms with Crippen LogP contribution in [0.15, 0.2) is 34.0 Å². The summed E-state index contributed by atoms with van der Waals surface area (Å²) in [7, 11) is 1.63. The first kappa shape index (κ1) is 26.0. The number of thiocarbonyl (C=S) groups is 1. The largest absolute Gasteiger partial charge is 0.395 e. The Hall–Kier alpha value is -3.04. The predicted molar refractivity (Wildman–Crippen MR) is 142 cm³/mol. The van der Waals surface area contributed by atoms with Gasteiger partial charge in [-0.3, -0.25) is 24.0 Å². The smallest absolute Gasteiger partial charge is 0.270 e. The first-order valence-electron chi connectivity index (χ1n) is 11.5. The van der Waals surface area contributed by atoms with E-state index in [4.69, 9.17) is 12.2 Å². The summed E-state index contributed by atoms with van der Waals surface area (Å²) >= 11 is 6.63. The Morgan fingerprint density at radius 1 is 1.19 bits per heavy atom. The van der Waals surface area contributed by atoms with Crippen molar-refractivity contribution in [1.29, 1.82) is 5.26 Å². The van der Waals surface area contributed by atoms with Gasteiger partial charge in [-0.25, -0.2) is 4.39 Å². The predicted octanol–water partition coefficient (Wildman–Crippen LogP) is 2.22. The summed E-state index contributed by atoms with van der Waals surface area (Å²) in [6.07, 6.45) is 1.72. The summed E-state index contributed by atoms with van der Waals surface area (Å²) in [5, 5.41) is 18.9. The molecule has 0 unspecified atom stereocenters. The second-order valence-electron chi connectivity index (χ2n) is 8.66. The van der Waals surface area contributed by atoms with Crippen LogP contribution in [0.2, 0.25) is 0 Å². The van der Waals surface area contributed by atoms with Crippen molar-refractivity contribution in [2.45, 2.75) is 13.5 Å². The number of carbonyl (C=O) groups is 1.